The minimum absolute atomic E-state index is 0.163. The molecule has 0 aliphatic carbocycles. The highest BCUT2D eigenvalue weighted by Crippen LogP contribution is 2.05. The summed E-state index contributed by atoms with van der Waals surface area (Å²) < 4.78 is 12.2. The Labute approximate surface area is 49.5 Å². The zero-order valence-electron chi connectivity index (χ0n) is 5.36. The van der Waals surface area contributed by atoms with Crippen molar-refractivity contribution in [2.75, 3.05) is 0 Å². The van der Waals surface area contributed by atoms with Gasteiger partial charge in [-0.15, -0.1) is 0 Å². The van der Waals surface area contributed by atoms with Crippen LogP contribution in [-0.4, -0.2) is 12.3 Å². The Kier molecular flexibility index (Phi) is 3.79. The van der Waals surface area contributed by atoms with Crippen LogP contribution in [-0.2, 0) is 5.11 Å². The van der Waals surface area contributed by atoms with Gasteiger partial charge in [-0.25, -0.2) is 9.50 Å². The lowest BCUT2D eigenvalue weighted by Gasteiger charge is -2.03. The van der Waals surface area contributed by atoms with Crippen LogP contribution < -0.4 is 0 Å². The van der Waals surface area contributed by atoms with Crippen molar-refractivity contribution in [1.82, 2.24) is 0 Å². The topological polar surface area (TPSA) is 19.9 Å². The van der Waals surface area contributed by atoms with Crippen molar-refractivity contribution in [3.05, 3.63) is 0 Å². The fourth-order valence-electron chi connectivity index (χ4n) is 0.527. The predicted octanol–water partition coefficient (Wildman–Crippen LogP) is 1.94. The molecule has 0 bridgehead atoms. The van der Waals surface area contributed by atoms with E-state index in [2.05, 4.69) is 0 Å². The summed E-state index contributed by atoms with van der Waals surface area (Å²) in [5.41, 5.74) is 0. The molecular weight excluding hydrogens is 107 g/mol. The van der Waals surface area contributed by atoms with Crippen molar-refractivity contribution < 1.29 is 9.50 Å². The Hall–Kier alpha value is -0.110. The Morgan fingerprint density at radius 1 is 1.62 bits per heavy atom. The third-order valence-electron chi connectivity index (χ3n) is 1.03. The SMILES string of the molecule is CCC(F)CC(C)[O]. The van der Waals surface area contributed by atoms with Crippen LogP contribution in [0.15, 0.2) is 0 Å². The molecule has 0 N–H and O–H groups in total. The van der Waals surface area contributed by atoms with Crippen LogP contribution in [0, 0.1) is 0 Å². The van der Waals surface area contributed by atoms with Gasteiger partial charge in [0.25, 0.3) is 0 Å². The van der Waals surface area contributed by atoms with Gasteiger partial charge in [0, 0.05) is 6.42 Å². The maximum atomic E-state index is 12.2. The first-order valence-corrected chi connectivity index (χ1v) is 2.96. The molecule has 0 fully saturated rings. The summed E-state index contributed by atoms with van der Waals surface area (Å²) >= 11 is 0. The number of rotatable bonds is 3. The van der Waals surface area contributed by atoms with Crippen molar-refractivity contribution >= 4 is 0 Å². The van der Waals surface area contributed by atoms with E-state index in [9.17, 15) is 9.50 Å². The van der Waals surface area contributed by atoms with E-state index in [0.29, 0.717) is 6.42 Å². The van der Waals surface area contributed by atoms with Gasteiger partial charge in [-0.1, -0.05) is 6.92 Å². The van der Waals surface area contributed by atoms with Gasteiger partial charge in [0.2, 0.25) is 0 Å². The lowest BCUT2D eigenvalue weighted by Crippen LogP contribution is -2.07. The quantitative estimate of drug-likeness (QED) is 0.541. The second kappa shape index (κ2) is 3.84. The van der Waals surface area contributed by atoms with Gasteiger partial charge in [0.05, 0.1) is 6.10 Å². The van der Waals surface area contributed by atoms with E-state index < -0.39 is 12.3 Å². The van der Waals surface area contributed by atoms with Gasteiger partial charge in [-0.2, -0.15) is 0 Å². The molecule has 0 heterocycles. The van der Waals surface area contributed by atoms with Crippen molar-refractivity contribution in [1.29, 1.82) is 0 Å². The van der Waals surface area contributed by atoms with Crippen LogP contribution in [0.5, 0.6) is 0 Å². The molecule has 0 rings (SSSR count). The third-order valence-corrected chi connectivity index (χ3v) is 1.03. The summed E-state index contributed by atoms with van der Waals surface area (Å²) in [6.45, 7) is 3.23. The molecule has 0 saturated heterocycles. The highest BCUT2D eigenvalue weighted by Gasteiger charge is 2.06. The van der Waals surface area contributed by atoms with Crippen LogP contribution in [0.3, 0.4) is 0 Å². The normalized spacial score (nSPS) is 18.0. The summed E-state index contributed by atoms with van der Waals surface area (Å²) in [5, 5.41) is 10.3. The third kappa shape index (κ3) is 4.06. The second-order valence-corrected chi connectivity index (χ2v) is 2.05. The van der Waals surface area contributed by atoms with Crippen LogP contribution >= 0.6 is 0 Å². The first-order valence-electron chi connectivity index (χ1n) is 2.96. The molecule has 0 aromatic carbocycles. The highest BCUT2D eigenvalue weighted by molar-refractivity contribution is 4.56. The van der Waals surface area contributed by atoms with E-state index >= 15 is 0 Å². The zero-order chi connectivity index (χ0) is 6.57. The van der Waals surface area contributed by atoms with Crippen LogP contribution in [0.4, 0.5) is 4.39 Å². The maximum absolute atomic E-state index is 12.2. The summed E-state index contributed by atoms with van der Waals surface area (Å²) in [4.78, 5) is 0. The fraction of sp³-hybridized carbons (Fsp3) is 1.00. The molecule has 0 aliphatic heterocycles. The Morgan fingerprint density at radius 3 is 2.25 bits per heavy atom. The fourth-order valence-corrected chi connectivity index (χ4v) is 0.527. The van der Waals surface area contributed by atoms with Gasteiger partial charge >= 0.3 is 0 Å². The predicted molar refractivity (Wildman–Crippen MR) is 30.0 cm³/mol. The standard InChI is InChI=1S/C6H12FO/c1-3-6(7)4-5(2)8/h5-6H,3-4H2,1-2H3. The van der Waals surface area contributed by atoms with Crippen molar-refractivity contribution in [3.63, 3.8) is 0 Å². The van der Waals surface area contributed by atoms with E-state index in [0.717, 1.165) is 0 Å². The lowest BCUT2D eigenvalue weighted by molar-refractivity contribution is 0.0718. The summed E-state index contributed by atoms with van der Waals surface area (Å²) in [6.07, 6.45) is -1.00. The van der Waals surface area contributed by atoms with Gasteiger partial charge in [-0.05, 0) is 13.3 Å². The summed E-state index contributed by atoms with van der Waals surface area (Å²) in [7, 11) is 0. The zero-order valence-corrected chi connectivity index (χ0v) is 5.36. The molecule has 0 saturated carbocycles. The van der Waals surface area contributed by atoms with Gasteiger partial charge in [0.1, 0.15) is 6.17 Å². The van der Waals surface area contributed by atoms with E-state index in [1.165, 1.54) is 6.92 Å². The molecule has 2 atom stereocenters. The van der Waals surface area contributed by atoms with Gasteiger partial charge in [-0.3, -0.25) is 0 Å². The molecule has 0 aliphatic rings. The molecule has 2 heteroatoms. The monoisotopic (exact) mass is 119 g/mol. The Balaban J connectivity index is 3.10. The minimum atomic E-state index is -0.887. The first kappa shape index (κ1) is 7.89. The van der Waals surface area contributed by atoms with E-state index in [4.69, 9.17) is 0 Å². The maximum Gasteiger partial charge on any atom is 0.102 e. The summed E-state index contributed by atoms with van der Waals surface area (Å²) in [6, 6.07) is 0. The number of hydrogen-bond acceptors (Lipinski definition) is 0. The Morgan fingerprint density at radius 2 is 2.12 bits per heavy atom. The molecule has 8 heavy (non-hydrogen) atoms. The molecule has 2 unspecified atom stereocenters. The number of hydrogen-bond donors (Lipinski definition) is 0. The van der Waals surface area contributed by atoms with Gasteiger partial charge < -0.3 is 0 Å². The molecule has 0 amide bonds. The van der Waals surface area contributed by atoms with Crippen LogP contribution in [0.2, 0.25) is 0 Å². The van der Waals surface area contributed by atoms with Crippen molar-refractivity contribution in [3.8, 4) is 0 Å². The average molecular weight is 119 g/mol. The molecule has 49 valence electrons. The number of halogens is 1. The van der Waals surface area contributed by atoms with Crippen molar-refractivity contribution in [2.24, 2.45) is 0 Å². The van der Waals surface area contributed by atoms with E-state index in [-0.39, 0.29) is 6.42 Å². The molecule has 1 nitrogen and oxygen atoms in total. The largest absolute Gasteiger partial charge is 0.247 e. The van der Waals surface area contributed by atoms with Crippen molar-refractivity contribution in [2.45, 2.75) is 39.0 Å². The molecular formula is C6H12FO. The average Bonchev–Trinajstić information content (AvgIpc) is 1.65. The number of alkyl halides is 1. The van der Waals surface area contributed by atoms with Gasteiger partial charge in [0.15, 0.2) is 0 Å². The van der Waals surface area contributed by atoms with E-state index in [1.54, 1.807) is 6.92 Å². The van der Waals surface area contributed by atoms with E-state index in [1.807, 2.05) is 0 Å². The lowest BCUT2D eigenvalue weighted by atomic mass is 10.1. The van der Waals surface area contributed by atoms with Crippen LogP contribution in [0.1, 0.15) is 26.7 Å². The highest BCUT2D eigenvalue weighted by atomic mass is 19.1. The molecule has 0 aromatic heterocycles. The molecule has 1 radical (unpaired) electrons. The summed E-state index contributed by atoms with van der Waals surface area (Å²) in [5.74, 6) is 0. The first-order chi connectivity index (χ1) is 3.66. The minimum Gasteiger partial charge on any atom is -0.247 e. The molecule has 0 spiro atoms. The molecule has 0 aromatic rings. The second-order valence-electron chi connectivity index (χ2n) is 2.05. The Bertz CT molecular complexity index is 54.5. The van der Waals surface area contributed by atoms with Crippen LogP contribution in [0.25, 0.3) is 0 Å². The smallest absolute Gasteiger partial charge is 0.102 e.